The van der Waals surface area contributed by atoms with Crippen LogP contribution in [-0.2, 0) is 9.53 Å². The van der Waals surface area contributed by atoms with Crippen molar-refractivity contribution in [1.82, 2.24) is 14.7 Å². The zero-order valence-corrected chi connectivity index (χ0v) is 18.6. The molecule has 2 aliphatic heterocycles. The fourth-order valence-electron chi connectivity index (χ4n) is 6.25. The first kappa shape index (κ1) is 21.0. The lowest BCUT2D eigenvalue weighted by atomic mass is 9.64. The highest BCUT2D eigenvalue weighted by atomic mass is 16.6. The average Bonchev–Trinajstić information content (AvgIpc) is 3.10. The van der Waals surface area contributed by atoms with Gasteiger partial charge in [-0.1, -0.05) is 13.3 Å². The van der Waals surface area contributed by atoms with Crippen molar-refractivity contribution in [2.45, 2.75) is 84.2 Å². The van der Waals surface area contributed by atoms with Gasteiger partial charge in [0, 0.05) is 51.7 Å². The van der Waals surface area contributed by atoms with Crippen molar-refractivity contribution in [3.8, 4) is 0 Å². The quantitative estimate of drug-likeness (QED) is 0.702. The summed E-state index contributed by atoms with van der Waals surface area (Å²) in [6, 6.07) is 1.08. The predicted octanol–water partition coefficient (Wildman–Crippen LogP) is 3.50. The van der Waals surface area contributed by atoms with Crippen molar-refractivity contribution in [2.75, 3.05) is 39.3 Å². The van der Waals surface area contributed by atoms with E-state index in [1.807, 2.05) is 11.8 Å². The summed E-state index contributed by atoms with van der Waals surface area (Å²) in [5, 5.41) is 0. The molecule has 29 heavy (non-hydrogen) atoms. The number of hydrogen-bond acceptors (Lipinski definition) is 4. The van der Waals surface area contributed by atoms with E-state index in [9.17, 15) is 9.59 Å². The second-order valence-corrected chi connectivity index (χ2v) is 10.5. The molecule has 0 radical (unpaired) electrons. The third-order valence-corrected chi connectivity index (χ3v) is 8.28. The molecular weight excluding hydrogens is 366 g/mol. The predicted molar refractivity (Wildman–Crippen MR) is 113 cm³/mol. The van der Waals surface area contributed by atoms with E-state index < -0.39 is 0 Å². The highest BCUT2D eigenvalue weighted by molar-refractivity contribution is 5.73. The van der Waals surface area contributed by atoms with Crippen molar-refractivity contribution in [3.05, 3.63) is 0 Å². The van der Waals surface area contributed by atoms with Gasteiger partial charge >= 0.3 is 6.09 Å². The van der Waals surface area contributed by atoms with Crippen LogP contribution in [0.3, 0.4) is 0 Å². The molecule has 2 aliphatic carbocycles. The lowest BCUT2D eigenvalue weighted by Crippen LogP contribution is -2.57. The van der Waals surface area contributed by atoms with Crippen molar-refractivity contribution in [1.29, 1.82) is 0 Å². The topological polar surface area (TPSA) is 53.1 Å². The number of nitrogens with zero attached hydrogens (tertiary/aromatic N) is 3. The maximum atomic E-state index is 12.3. The first-order valence-electron chi connectivity index (χ1n) is 11.8. The third kappa shape index (κ3) is 4.28. The van der Waals surface area contributed by atoms with Gasteiger partial charge in [-0.05, 0) is 62.7 Å². The number of rotatable bonds is 5. The minimum atomic E-state index is -0.141. The Hall–Kier alpha value is -1.30. The molecule has 4 rings (SSSR count). The molecule has 6 heteroatoms. The van der Waals surface area contributed by atoms with Crippen LogP contribution < -0.4 is 0 Å². The lowest BCUT2D eigenvalue weighted by molar-refractivity contribution is -0.135. The van der Waals surface area contributed by atoms with Gasteiger partial charge in [-0.15, -0.1) is 0 Å². The van der Waals surface area contributed by atoms with Gasteiger partial charge in [-0.2, -0.15) is 0 Å². The van der Waals surface area contributed by atoms with E-state index in [0.717, 1.165) is 52.0 Å². The monoisotopic (exact) mass is 405 g/mol. The summed E-state index contributed by atoms with van der Waals surface area (Å²) in [6.45, 7) is 11.3. The van der Waals surface area contributed by atoms with Gasteiger partial charge in [0.1, 0.15) is 0 Å². The van der Waals surface area contributed by atoms with Crippen molar-refractivity contribution in [3.63, 3.8) is 0 Å². The number of carbonyl (C=O) groups is 2. The van der Waals surface area contributed by atoms with E-state index in [4.69, 9.17) is 4.74 Å². The molecule has 0 aromatic heterocycles. The smallest absolute Gasteiger partial charge is 0.409 e. The van der Waals surface area contributed by atoms with Crippen LogP contribution in [0, 0.1) is 10.8 Å². The average molecular weight is 406 g/mol. The van der Waals surface area contributed by atoms with E-state index in [1.165, 1.54) is 32.1 Å². The van der Waals surface area contributed by atoms with Gasteiger partial charge in [0.15, 0.2) is 0 Å². The van der Waals surface area contributed by atoms with Crippen LogP contribution in [0.1, 0.15) is 72.1 Å². The third-order valence-electron chi connectivity index (χ3n) is 8.28. The maximum absolute atomic E-state index is 12.3. The van der Waals surface area contributed by atoms with Crippen LogP contribution in [-0.4, -0.2) is 78.1 Å². The Bertz CT molecular complexity index is 619. The molecule has 6 nitrogen and oxygen atoms in total. The molecule has 2 amide bonds. The number of hydrogen-bond donors (Lipinski definition) is 0. The van der Waals surface area contributed by atoms with E-state index in [1.54, 1.807) is 6.92 Å². The van der Waals surface area contributed by atoms with Crippen LogP contribution in [0.15, 0.2) is 0 Å². The van der Waals surface area contributed by atoms with Crippen LogP contribution in [0.25, 0.3) is 0 Å². The number of carbonyl (C=O) groups excluding carboxylic acids is 2. The van der Waals surface area contributed by atoms with Gasteiger partial charge < -0.3 is 19.4 Å². The summed E-state index contributed by atoms with van der Waals surface area (Å²) in [5.41, 5.74) is 0.689. The molecule has 2 heterocycles. The Morgan fingerprint density at radius 1 is 1.10 bits per heavy atom. The molecule has 4 aliphatic rings. The summed E-state index contributed by atoms with van der Waals surface area (Å²) in [6.07, 6.45) is 9.46. The normalized spacial score (nSPS) is 32.0. The largest absolute Gasteiger partial charge is 0.450 e. The Labute approximate surface area is 175 Å². The number of likely N-dealkylation sites (tertiary alicyclic amines) is 2. The first-order chi connectivity index (χ1) is 13.8. The second-order valence-electron chi connectivity index (χ2n) is 10.5. The van der Waals surface area contributed by atoms with Crippen molar-refractivity contribution in [2.24, 2.45) is 10.8 Å². The molecule has 0 unspecified atom stereocenters. The Balaban J connectivity index is 1.24. The fourth-order valence-corrected chi connectivity index (χ4v) is 6.25. The number of piperidine rings is 1. The van der Waals surface area contributed by atoms with Gasteiger partial charge in [0.2, 0.25) is 5.91 Å². The van der Waals surface area contributed by atoms with Gasteiger partial charge in [0.25, 0.3) is 0 Å². The molecule has 2 saturated carbocycles. The Morgan fingerprint density at radius 3 is 2.34 bits per heavy atom. The van der Waals surface area contributed by atoms with Gasteiger partial charge in [-0.25, -0.2) is 4.79 Å². The molecule has 0 aromatic rings. The molecule has 164 valence electrons. The minimum Gasteiger partial charge on any atom is -0.450 e. The van der Waals surface area contributed by atoms with Crippen LogP contribution in [0.5, 0.6) is 0 Å². The lowest BCUT2D eigenvalue weighted by Gasteiger charge is -2.52. The van der Waals surface area contributed by atoms with Crippen LogP contribution in [0.2, 0.25) is 0 Å². The molecule has 2 saturated heterocycles. The highest BCUT2D eigenvalue weighted by Gasteiger charge is 2.51. The molecule has 0 N–H and O–H groups in total. The zero-order valence-electron chi connectivity index (χ0n) is 18.6. The highest BCUT2D eigenvalue weighted by Crippen LogP contribution is 2.50. The van der Waals surface area contributed by atoms with E-state index in [2.05, 4.69) is 16.7 Å². The molecule has 0 atom stereocenters. The van der Waals surface area contributed by atoms with E-state index >= 15 is 0 Å². The molecule has 0 bridgehead atoms. The molecular formula is C23H39N3O3. The molecule has 0 aromatic carbocycles. The van der Waals surface area contributed by atoms with Crippen molar-refractivity contribution >= 4 is 12.0 Å². The summed E-state index contributed by atoms with van der Waals surface area (Å²) in [4.78, 5) is 31.1. The summed E-state index contributed by atoms with van der Waals surface area (Å²) < 4.78 is 5.18. The fraction of sp³-hybridized carbons (Fsp3) is 0.913. The minimum absolute atomic E-state index is 0.141. The van der Waals surface area contributed by atoms with Crippen LogP contribution >= 0.6 is 0 Å². The van der Waals surface area contributed by atoms with Gasteiger partial charge in [0.05, 0.1) is 6.61 Å². The standard InChI is InChI=1S/C23H39N3O3/c1-4-29-21(28)25-13-10-23(17-25)14-20(15-23)24-11-6-19(7-12-24)26(18(2)27)16-22(3)8-5-9-22/h19-20H,4-17H2,1-3H3. The summed E-state index contributed by atoms with van der Waals surface area (Å²) in [5.74, 6) is 0.254. The SMILES string of the molecule is CCOC(=O)N1CCC2(CC(N3CCC(N(CC4(C)CCC4)C(C)=O)CC3)C2)C1. The van der Waals surface area contributed by atoms with Crippen molar-refractivity contribution < 1.29 is 14.3 Å². The molecule has 1 spiro atoms. The summed E-state index contributed by atoms with van der Waals surface area (Å²) >= 11 is 0. The van der Waals surface area contributed by atoms with Crippen LogP contribution in [0.4, 0.5) is 4.79 Å². The summed E-state index contributed by atoms with van der Waals surface area (Å²) in [7, 11) is 0. The zero-order chi connectivity index (χ0) is 20.6. The Kier molecular flexibility index (Phi) is 5.84. The van der Waals surface area contributed by atoms with Gasteiger partial charge in [-0.3, -0.25) is 4.79 Å². The Morgan fingerprint density at radius 2 is 1.79 bits per heavy atom. The number of amides is 2. The maximum Gasteiger partial charge on any atom is 0.409 e. The first-order valence-corrected chi connectivity index (χ1v) is 11.8. The second kappa shape index (κ2) is 8.09. The number of ether oxygens (including phenoxy) is 1. The van der Waals surface area contributed by atoms with E-state index in [0.29, 0.717) is 29.5 Å². The van der Waals surface area contributed by atoms with E-state index in [-0.39, 0.29) is 12.0 Å². The molecule has 4 fully saturated rings.